The molecule has 2 atom stereocenters. The van der Waals surface area contributed by atoms with Crippen LogP contribution in [0.3, 0.4) is 0 Å². The molecule has 1 N–H and O–H groups in total. The van der Waals surface area contributed by atoms with Gasteiger partial charge in [0.25, 0.3) is 0 Å². The van der Waals surface area contributed by atoms with Crippen molar-refractivity contribution in [2.75, 3.05) is 39.4 Å². The normalized spacial score (nSPS) is 19.8. The fourth-order valence-electron chi connectivity index (χ4n) is 4.38. The molecule has 0 bridgehead atoms. The van der Waals surface area contributed by atoms with Crippen LogP contribution in [0.5, 0.6) is 5.75 Å². The van der Waals surface area contributed by atoms with E-state index in [-0.39, 0.29) is 43.1 Å². The molecule has 2 aliphatic heterocycles. The molecule has 3 amide bonds. The van der Waals surface area contributed by atoms with Gasteiger partial charge in [0.2, 0.25) is 5.91 Å². The molecule has 1 aromatic heterocycles. The van der Waals surface area contributed by atoms with Crippen LogP contribution in [0.1, 0.15) is 36.2 Å². The van der Waals surface area contributed by atoms with Gasteiger partial charge in [-0.15, -0.1) is 11.3 Å². The van der Waals surface area contributed by atoms with Crippen LogP contribution in [0.4, 0.5) is 9.18 Å². The Kier molecular flexibility index (Phi) is 7.82. The quantitative estimate of drug-likeness (QED) is 0.633. The summed E-state index contributed by atoms with van der Waals surface area (Å²) < 4.78 is 25.2. The lowest BCUT2D eigenvalue weighted by Gasteiger charge is -2.37. The summed E-state index contributed by atoms with van der Waals surface area (Å²) in [5.74, 6) is -0.0805. The number of halogens is 1. The van der Waals surface area contributed by atoms with E-state index in [1.165, 1.54) is 17.0 Å². The van der Waals surface area contributed by atoms with Gasteiger partial charge >= 0.3 is 6.03 Å². The SMILES string of the molecule is CCNC(=O)N(CC(=O)N1CCc2sccc2[C@H]1COc1cccc(F)c1)C[C@@H]1CCCO1. The predicted octanol–water partition coefficient (Wildman–Crippen LogP) is 3.60. The van der Waals surface area contributed by atoms with Crippen LogP contribution in [-0.2, 0) is 16.0 Å². The fourth-order valence-corrected chi connectivity index (χ4v) is 5.31. The number of carbonyl (C=O) groups excluding carboxylic acids is 2. The number of urea groups is 1. The van der Waals surface area contributed by atoms with Gasteiger partial charge in [-0.05, 0) is 55.3 Å². The third-order valence-corrected chi connectivity index (χ3v) is 7.01. The van der Waals surface area contributed by atoms with Crippen molar-refractivity contribution in [2.24, 2.45) is 0 Å². The number of ether oxygens (including phenoxy) is 2. The topological polar surface area (TPSA) is 71.1 Å². The molecule has 0 spiro atoms. The Morgan fingerprint density at radius 2 is 2.24 bits per heavy atom. The van der Waals surface area contributed by atoms with Crippen LogP contribution < -0.4 is 10.1 Å². The van der Waals surface area contributed by atoms with Gasteiger partial charge in [0, 0.05) is 37.2 Å². The predicted molar refractivity (Wildman–Crippen MR) is 124 cm³/mol. The first-order valence-corrected chi connectivity index (χ1v) is 12.3. The molecular weight excluding hydrogens is 445 g/mol. The number of nitrogens with zero attached hydrogens (tertiary/aromatic N) is 2. The summed E-state index contributed by atoms with van der Waals surface area (Å²) in [6.45, 7) is 4.15. The molecule has 0 radical (unpaired) electrons. The second kappa shape index (κ2) is 11.0. The number of hydrogen-bond acceptors (Lipinski definition) is 5. The van der Waals surface area contributed by atoms with Crippen molar-refractivity contribution in [3.05, 3.63) is 52.0 Å². The standard InChI is InChI=1S/C24H30FN3O4S/c1-2-26-24(30)27(14-19-7-4-11-31-19)15-23(29)28-10-8-22-20(9-12-33-22)21(28)16-32-18-6-3-5-17(25)13-18/h3,5-6,9,12-13,19,21H,2,4,7-8,10-11,14-16H2,1H3,(H,26,30)/t19-,21+/m0/s1. The Labute approximate surface area is 197 Å². The Morgan fingerprint density at radius 1 is 1.36 bits per heavy atom. The van der Waals surface area contributed by atoms with Crippen LogP contribution in [-0.4, -0.2) is 67.2 Å². The van der Waals surface area contributed by atoms with Gasteiger partial charge in [-0.2, -0.15) is 0 Å². The second-order valence-corrected chi connectivity index (χ2v) is 9.27. The summed E-state index contributed by atoms with van der Waals surface area (Å²) >= 11 is 1.67. The van der Waals surface area contributed by atoms with Crippen molar-refractivity contribution < 1.29 is 23.5 Å². The smallest absolute Gasteiger partial charge is 0.317 e. The Bertz CT molecular complexity index is 963. The molecular formula is C24H30FN3O4S. The van der Waals surface area contributed by atoms with E-state index in [1.54, 1.807) is 33.3 Å². The van der Waals surface area contributed by atoms with Crippen molar-refractivity contribution >= 4 is 23.3 Å². The number of benzene rings is 1. The van der Waals surface area contributed by atoms with Gasteiger partial charge in [-0.25, -0.2) is 9.18 Å². The van der Waals surface area contributed by atoms with Gasteiger partial charge in [0.05, 0.1) is 12.1 Å². The van der Waals surface area contributed by atoms with E-state index in [2.05, 4.69) is 5.32 Å². The van der Waals surface area contributed by atoms with Crippen molar-refractivity contribution in [3.8, 4) is 5.75 Å². The van der Waals surface area contributed by atoms with Crippen molar-refractivity contribution in [1.82, 2.24) is 15.1 Å². The highest BCUT2D eigenvalue weighted by Gasteiger charge is 2.34. The van der Waals surface area contributed by atoms with Crippen molar-refractivity contribution in [2.45, 2.75) is 38.3 Å². The molecule has 2 aliphatic rings. The molecule has 0 unspecified atom stereocenters. The maximum absolute atomic E-state index is 13.6. The lowest BCUT2D eigenvalue weighted by atomic mass is 10.0. The highest BCUT2D eigenvalue weighted by Crippen LogP contribution is 2.34. The first kappa shape index (κ1) is 23.5. The highest BCUT2D eigenvalue weighted by atomic mass is 32.1. The Balaban J connectivity index is 1.48. The number of hydrogen-bond donors (Lipinski definition) is 1. The molecule has 3 heterocycles. The van der Waals surface area contributed by atoms with Gasteiger partial charge in [0.1, 0.15) is 24.7 Å². The molecule has 178 valence electrons. The van der Waals surface area contributed by atoms with Gasteiger partial charge in [0.15, 0.2) is 0 Å². The lowest BCUT2D eigenvalue weighted by Crippen LogP contribution is -2.51. The summed E-state index contributed by atoms with van der Waals surface area (Å²) in [5.41, 5.74) is 1.06. The Morgan fingerprint density at radius 3 is 3.00 bits per heavy atom. The van der Waals surface area contributed by atoms with Crippen molar-refractivity contribution in [1.29, 1.82) is 0 Å². The molecule has 2 aromatic rings. The number of nitrogens with one attached hydrogen (secondary N) is 1. The zero-order chi connectivity index (χ0) is 23.2. The number of amides is 3. The molecule has 1 aromatic carbocycles. The minimum Gasteiger partial charge on any atom is -0.491 e. The van der Waals surface area contributed by atoms with Gasteiger partial charge in [-0.1, -0.05) is 6.07 Å². The second-order valence-electron chi connectivity index (χ2n) is 8.27. The zero-order valence-electron chi connectivity index (χ0n) is 18.8. The highest BCUT2D eigenvalue weighted by molar-refractivity contribution is 7.10. The summed E-state index contributed by atoms with van der Waals surface area (Å²) in [6.07, 6.45) is 2.57. The molecule has 1 saturated heterocycles. The first-order chi connectivity index (χ1) is 16.0. The average molecular weight is 476 g/mol. The number of fused-ring (bicyclic) bond motifs is 1. The van der Waals surface area contributed by atoms with E-state index in [1.807, 2.05) is 18.4 Å². The van der Waals surface area contributed by atoms with Crippen LogP contribution >= 0.6 is 11.3 Å². The number of rotatable bonds is 8. The van der Waals surface area contributed by atoms with Crippen molar-refractivity contribution in [3.63, 3.8) is 0 Å². The molecule has 0 saturated carbocycles. The number of carbonyl (C=O) groups is 2. The van der Waals surface area contributed by atoms with E-state index in [9.17, 15) is 14.0 Å². The summed E-state index contributed by atoms with van der Waals surface area (Å²) in [5, 5.41) is 4.82. The van der Waals surface area contributed by atoms with E-state index in [0.29, 0.717) is 32.0 Å². The summed E-state index contributed by atoms with van der Waals surface area (Å²) in [4.78, 5) is 30.7. The monoisotopic (exact) mass is 475 g/mol. The van der Waals surface area contributed by atoms with Crippen LogP contribution in [0, 0.1) is 5.82 Å². The largest absolute Gasteiger partial charge is 0.491 e. The van der Waals surface area contributed by atoms with E-state index in [4.69, 9.17) is 9.47 Å². The third-order valence-electron chi connectivity index (χ3n) is 6.01. The average Bonchev–Trinajstić information content (AvgIpc) is 3.49. The van der Waals surface area contributed by atoms with Gasteiger partial charge < -0.3 is 24.6 Å². The minimum atomic E-state index is -0.369. The zero-order valence-corrected chi connectivity index (χ0v) is 19.6. The maximum Gasteiger partial charge on any atom is 0.317 e. The summed E-state index contributed by atoms with van der Waals surface area (Å²) in [7, 11) is 0. The number of thiophene rings is 1. The first-order valence-electron chi connectivity index (χ1n) is 11.4. The Hall–Kier alpha value is -2.65. The molecule has 4 rings (SSSR count). The summed E-state index contributed by atoms with van der Waals surface area (Å²) in [6, 6.07) is 7.46. The molecule has 7 nitrogen and oxygen atoms in total. The molecule has 9 heteroatoms. The lowest BCUT2D eigenvalue weighted by molar-refractivity contribution is -0.135. The molecule has 0 aliphatic carbocycles. The van der Waals surface area contributed by atoms with Crippen LogP contribution in [0.2, 0.25) is 0 Å². The molecule has 1 fully saturated rings. The van der Waals surface area contributed by atoms with E-state index >= 15 is 0 Å². The minimum absolute atomic E-state index is 0.0262. The third kappa shape index (κ3) is 5.83. The van der Waals surface area contributed by atoms with Gasteiger partial charge in [-0.3, -0.25) is 4.79 Å². The van der Waals surface area contributed by atoms with E-state index < -0.39 is 0 Å². The molecule has 33 heavy (non-hydrogen) atoms. The fraction of sp³-hybridized carbons (Fsp3) is 0.500. The van der Waals surface area contributed by atoms with Crippen LogP contribution in [0.25, 0.3) is 0 Å². The maximum atomic E-state index is 13.6. The van der Waals surface area contributed by atoms with Crippen LogP contribution in [0.15, 0.2) is 35.7 Å². The van der Waals surface area contributed by atoms with E-state index in [0.717, 1.165) is 24.8 Å².